The van der Waals surface area contributed by atoms with E-state index in [0.29, 0.717) is 40.9 Å². The second-order valence-electron chi connectivity index (χ2n) is 5.21. The van der Waals surface area contributed by atoms with Gasteiger partial charge in [0.25, 0.3) is 0 Å². The SMILES string of the molecule is C=C/C=C(\C=C)Oc1ccc(N2Cc3c(N)ncnc3NC2=O)cc1. The van der Waals surface area contributed by atoms with E-state index in [1.165, 1.54) is 6.33 Å². The first kappa shape index (κ1) is 16.3. The van der Waals surface area contributed by atoms with E-state index in [4.69, 9.17) is 10.5 Å². The Morgan fingerprint density at radius 1 is 1.28 bits per heavy atom. The maximum Gasteiger partial charge on any atom is 0.327 e. The van der Waals surface area contributed by atoms with Crippen LogP contribution >= 0.6 is 0 Å². The van der Waals surface area contributed by atoms with Gasteiger partial charge in [0.15, 0.2) is 0 Å². The summed E-state index contributed by atoms with van der Waals surface area (Å²) in [5, 5.41) is 2.71. The highest BCUT2D eigenvalue weighted by atomic mass is 16.5. The number of nitrogens with zero attached hydrogens (tertiary/aromatic N) is 3. The van der Waals surface area contributed by atoms with Crippen molar-refractivity contribution in [2.75, 3.05) is 16.0 Å². The number of carbonyl (C=O) groups is 1. The number of aromatic nitrogens is 2. The van der Waals surface area contributed by atoms with Crippen molar-refractivity contribution >= 4 is 23.4 Å². The van der Waals surface area contributed by atoms with Crippen molar-refractivity contribution in [1.29, 1.82) is 0 Å². The molecule has 0 aliphatic carbocycles. The van der Waals surface area contributed by atoms with Crippen LogP contribution in [0.15, 0.2) is 67.7 Å². The summed E-state index contributed by atoms with van der Waals surface area (Å²) in [5.74, 6) is 1.99. The average Bonchev–Trinajstić information content (AvgIpc) is 2.62. The molecule has 2 amide bonds. The number of benzene rings is 1. The fourth-order valence-electron chi connectivity index (χ4n) is 2.39. The molecule has 0 saturated heterocycles. The van der Waals surface area contributed by atoms with Crippen molar-refractivity contribution in [3.05, 3.63) is 73.3 Å². The highest BCUT2D eigenvalue weighted by Gasteiger charge is 2.26. The minimum atomic E-state index is -0.280. The van der Waals surface area contributed by atoms with E-state index in [0.717, 1.165) is 0 Å². The zero-order chi connectivity index (χ0) is 17.8. The third kappa shape index (κ3) is 3.35. The lowest BCUT2D eigenvalue weighted by molar-refractivity contribution is 0.256. The summed E-state index contributed by atoms with van der Waals surface area (Å²) in [6.07, 6.45) is 6.24. The number of rotatable bonds is 5. The van der Waals surface area contributed by atoms with E-state index in [9.17, 15) is 4.79 Å². The van der Waals surface area contributed by atoms with Crippen LogP contribution in [-0.4, -0.2) is 16.0 Å². The molecule has 2 heterocycles. The van der Waals surface area contributed by atoms with Gasteiger partial charge in [-0.25, -0.2) is 14.8 Å². The lowest BCUT2D eigenvalue weighted by Crippen LogP contribution is -2.39. The minimum absolute atomic E-state index is 0.280. The largest absolute Gasteiger partial charge is 0.457 e. The van der Waals surface area contributed by atoms with Gasteiger partial charge in [-0.1, -0.05) is 19.2 Å². The first-order valence-electron chi connectivity index (χ1n) is 7.53. The molecule has 0 bridgehead atoms. The molecule has 3 N–H and O–H groups in total. The molecule has 0 atom stereocenters. The van der Waals surface area contributed by atoms with Crippen molar-refractivity contribution < 1.29 is 9.53 Å². The topological polar surface area (TPSA) is 93.4 Å². The zero-order valence-electron chi connectivity index (χ0n) is 13.5. The summed E-state index contributed by atoms with van der Waals surface area (Å²) in [5.41, 5.74) is 7.26. The van der Waals surface area contributed by atoms with Crippen LogP contribution < -0.4 is 20.7 Å². The van der Waals surface area contributed by atoms with Gasteiger partial charge in [-0.05, 0) is 36.4 Å². The molecule has 126 valence electrons. The van der Waals surface area contributed by atoms with Crippen LogP contribution in [0.4, 0.5) is 22.1 Å². The number of nitrogens with two attached hydrogens (primary N) is 1. The van der Waals surface area contributed by atoms with Gasteiger partial charge in [-0.15, -0.1) is 0 Å². The summed E-state index contributed by atoms with van der Waals surface area (Å²) in [4.78, 5) is 21.9. The molecule has 0 saturated carbocycles. The fraction of sp³-hybridized carbons (Fsp3) is 0.0556. The van der Waals surface area contributed by atoms with E-state index < -0.39 is 0 Å². The molecule has 3 rings (SSSR count). The van der Waals surface area contributed by atoms with Crippen LogP contribution in [0, 0.1) is 0 Å². The Bertz CT molecular complexity index is 858. The average molecular weight is 335 g/mol. The number of hydrogen-bond donors (Lipinski definition) is 2. The van der Waals surface area contributed by atoms with E-state index in [1.54, 1.807) is 47.4 Å². The maximum atomic E-state index is 12.3. The molecule has 7 heteroatoms. The molecule has 25 heavy (non-hydrogen) atoms. The number of nitrogens with one attached hydrogen (secondary N) is 1. The van der Waals surface area contributed by atoms with Crippen LogP contribution in [0.3, 0.4) is 0 Å². The number of carbonyl (C=O) groups excluding carboxylic acids is 1. The molecule has 0 radical (unpaired) electrons. The highest BCUT2D eigenvalue weighted by molar-refractivity contribution is 6.04. The van der Waals surface area contributed by atoms with Gasteiger partial charge < -0.3 is 10.5 Å². The first-order chi connectivity index (χ1) is 12.1. The molecule has 0 fully saturated rings. The standard InChI is InChI=1S/C18H17N5O2/c1-3-5-13(4-2)25-14-8-6-12(7-9-14)23-10-15-16(19)20-11-21-17(15)22-18(23)24/h3-9,11H,1-2,10H2,(H3,19,20,21,22,24)/b13-5+. The van der Waals surface area contributed by atoms with Crippen molar-refractivity contribution in [2.45, 2.75) is 6.54 Å². The Labute approximate surface area is 145 Å². The number of fused-ring (bicyclic) bond motifs is 1. The smallest absolute Gasteiger partial charge is 0.327 e. The van der Waals surface area contributed by atoms with Crippen LogP contribution in [0.5, 0.6) is 5.75 Å². The van der Waals surface area contributed by atoms with Crippen LogP contribution in [0.2, 0.25) is 0 Å². The molecule has 0 spiro atoms. The fourth-order valence-corrected chi connectivity index (χ4v) is 2.39. The molecular formula is C18H17N5O2. The summed E-state index contributed by atoms with van der Waals surface area (Å²) in [6, 6.07) is 6.83. The van der Waals surface area contributed by atoms with Crippen LogP contribution in [0.25, 0.3) is 0 Å². The predicted molar refractivity (Wildman–Crippen MR) is 97.2 cm³/mol. The van der Waals surface area contributed by atoms with E-state index in [-0.39, 0.29) is 6.03 Å². The Morgan fingerprint density at radius 2 is 2.04 bits per heavy atom. The van der Waals surface area contributed by atoms with Gasteiger partial charge in [0, 0.05) is 5.69 Å². The maximum absolute atomic E-state index is 12.3. The number of nitrogen functional groups attached to an aromatic ring is 1. The van der Waals surface area contributed by atoms with Gasteiger partial charge >= 0.3 is 6.03 Å². The second-order valence-corrected chi connectivity index (χ2v) is 5.21. The molecule has 1 aliphatic heterocycles. The second kappa shape index (κ2) is 6.88. The number of hydrogen-bond acceptors (Lipinski definition) is 5. The van der Waals surface area contributed by atoms with Gasteiger partial charge in [-0.3, -0.25) is 10.2 Å². The molecule has 0 unspecified atom stereocenters. The van der Waals surface area contributed by atoms with Crippen LogP contribution in [0.1, 0.15) is 5.56 Å². The molecule has 1 aromatic heterocycles. The van der Waals surface area contributed by atoms with E-state index in [1.807, 2.05) is 0 Å². The lowest BCUT2D eigenvalue weighted by atomic mass is 10.2. The number of anilines is 3. The molecule has 1 aromatic carbocycles. The zero-order valence-corrected chi connectivity index (χ0v) is 13.5. The van der Waals surface area contributed by atoms with Crippen molar-refractivity contribution in [2.24, 2.45) is 0 Å². The Balaban J connectivity index is 1.82. The first-order valence-corrected chi connectivity index (χ1v) is 7.53. The van der Waals surface area contributed by atoms with Crippen molar-refractivity contribution in [3.63, 3.8) is 0 Å². The lowest BCUT2D eigenvalue weighted by Gasteiger charge is -2.29. The minimum Gasteiger partial charge on any atom is -0.457 e. The number of ether oxygens (including phenoxy) is 1. The van der Waals surface area contributed by atoms with Crippen LogP contribution in [-0.2, 0) is 6.54 Å². The third-order valence-electron chi connectivity index (χ3n) is 3.63. The predicted octanol–water partition coefficient (Wildman–Crippen LogP) is 3.25. The summed E-state index contributed by atoms with van der Waals surface area (Å²) < 4.78 is 5.66. The monoisotopic (exact) mass is 335 g/mol. The Kier molecular flexibility index (Phi) is 4.47. The summed E-state index contributed by atoms with van der Waals surface area (Å²) >= 11 is 0. The molecule has 1 aliphatic rings. The molecular weight excluding hydrogens is 318 g/mol. The van der Waals surface area contributed by atoms with Gasteiger partial charge in [0.2, 0.25) is 0 Å². The summed E-state index contributed by atoms with van der Waals surface area (Å²) in [6.45, 7) is 7.60. The Hall–Kier alpha value is -3.61. The number of amides is 2. The summed E-state index contributed by atoms with van der Waals surface area (Å²) in [7, 11) is 0. The Morgan fingerprint density at radius 3 is 2.72 bits per heavy atom. The molecule has 7 nitrogen and oxygen atoms in total. The van der Waals surface area contributed by atoms with Gasteiger partial charge in [0.05, 0.1) is 12.1 Å². The number of allylic oxidation sites excluding steroid dienone is 3. The van der Waals surface area contributed by atoms with Crippen molar-refractivity contribution in [1.82, 2.24) is 9.97 Å². The normalized spacial score (nSPS) is 13.7. The van der Waals surface area contributed by atoms with E-state index in [2.05, 4.69) is 28.4 Å². The van der Waals surface area contributed by atoms with Gasteiger partial charge in [-0.2, -0.15) is 0 Å². The quantitative estimate of drug-likeness (QED) is 0.646. The third-order valence-corrected chi connectivity index (χ3v) is 3.63. The molecule has 2 aromatic rings. The van der Waals surface area contributed by atoms with E-state index >= 15 is 0 Å². The number of urea groups is 1. The van der Waals surface area contributed by atoms with Gasteiger partial charge in [0.1, 0.15) is 29.5 Å². The highest BCUT2D eigenvalue weighted by Crippen LogP contribution is 2.29. The van der Waals surface area contributed by atoms with Crippen molar-refractivity contribution in [3.8, 4) is 5.75 Å².